The van der Waals surface area contributed by atoms with Gasteiger partial charge in [-0.15, -0.1) is 0 Å². The van der Waals surface area contributed by atoms with E-state index < -0.39 is 6.10 Å². The van der Waals surface area contributed by atoms with Gasteiger partial charge in [0.25, 0.3) is 0 Å². The minimum atomic E-state index is -0.423. The summed E-state index contributed by atoms with van der Waals surface area (Å²) in [5.41, 5.74) is 1.30. The van der Waals surface area contributed by atoms with Crippen molar-refractivity contribution in [1.82, 2.24) is 4.90 Å². The van der Waals surface area contributed by atoms with E-state index in [1.165, 1.54) is 12.0 Å². The number of rotatable bonds is 6. The number of benzene rings is 1. The number of hydrogen-bond acceptors (Lipinski definition) is 3. The van der Waals surface area contributed by atoms with Crippen molar-refractivity contribution >= 4 is 0 Å². The number of hydrogen-bond donors (Lipinski definition) is 1. The van der Waals surface area contributed by atoms with Gasteiger partial charge in [0.05, 0.1) is 0 Å². The van der Waals surface area contributed by atoms with Crippen LogP contribution in [0.25, 0.3) is 0 Å². The molecule has 1 aromatic rings. The Morgan fingerprint density at radius 3 is 2.38 bits per heavy atom. The van der Waals surface area contributed by atoms with Crippen LogP contribution in [0, 0.1) is 11.8 Å². The maximum Gasteiger partial charge on any atom is 0.119 e. The minimum Gasteiger partial charge on any atom is -0.491 e. The van der Waals surface area contributed by atoms with Gasteiger partial charge < -0.3 is 14.7 Å². The highest BCUT2D eigenvalue weighted by molar-refractivity contribution is 5.27. The maximum absolute atomic E-state index is 10.2. The minimum absolute atomic E-state index is 0.366. The largest absolute Gasteiger partial charge is 0.491 e. The fourth-order valence-corrected chi connectivity index (χ4v) is 3.31. The Balaban J connectivity index is 1.74. The molecule has 2 rings (SSSR count). The molecule has 0 spiro atoms. The van der Waals surface area contributed by atoms with Gasteiger partial charge in [-0.2, -0.15) is 0 Å². The molecule has 3 atom stereocenters. The van der Waals surface area contributed by atoms with Crippen LogP contribution in [0.1, 0.15) is 32.8 Å². The summed E-state index contributed by atoms with van der Waals surface area (Å²) in [7, 11) is 0. The van der Waals surface area contributed by atoms with E-state index >= 15 is 0 Å². The van der Waals surface area contributed by atoms with Crippen LogP contribution in [0.3, 0.4) is 0 Å². The molecule has 3 heteroatoms. The fraction of sp³-hybridized carbons (Fsp3) is 0.667. The first-order chi connectivity index (χ1) is 10.1. The van der Waals surface area contributed by atoms with Crippen LogP contribution in [0.2, 0.25) is 0 Å². The van der Waals surface area contributed by atoms with Crippen LogP contribution in [-0.2, 0) is 6.42 Å². The van der Waals surface area contributed by atoms with Crippen molar-refractivity contribution in [3.8, 4) is 5.75 Å². The number of piperidine rings is 1. The number of likely N-dealkylation sites (tertiary alicyclic amines) is 1. The van der Waals surface area contributed by atoms with Gasteiger partial charge in [-0.1, -0.05) is 32.9 Å². The van der Waals surface area contributed by atoms with Crippen molar-refractivity contribution in [2.24, 2.45) is 11.8 Å². The van der Waals surface area contributed by atoms with Gasteiger partial charge in [-0.3, -0.25) is 0 Å². The SMILES string of the molecule is CCc1ccc(OC[C@@H](O)CN2C[C@@H](C)C[C@H](C)C2)cc1. The molecule has 0 radical (unpaired) electrons. The van der Waals surface area contributed by atoms with Crippen LogP contribution in [0.15, 0.2) is 24.3 Å². The summed E-state index contributed by atoms with van der Waals surface area (Å²) >= 11 is 0. The van der Waals surface area contributed by atoms with E-state index in [0.717, 1.165) is 37.1 Å². The standard InChI is InChI=1S/C18H29NO2/c1-4-16-5-7-18(8-6-16)21-13-17(20)12-19-10-14(2)9-15(3)11-19/h5-8,14-15,17,20H,4,9-13H2,1-3H3/t14-,15-,17-/m0/s1. The van der Waals surface area contributed by atoms with Crippen LogP contribution >= 0.6 is 0 Å². The topological polar surface area (TPSA) is 32.7 Å². The van der Waals surface area contributed by atoms with Crippen molar-refractivity contribution in [1.29, 1.82) is 0 Å². The summed E-state index contributed by atoms with van der Waals surface area (Å²) in [6.45, 7) is 9.98. The predicted octanol–water partition coefficient (Wildman–Crippen LogP) is 2.97. The number of nitrogens with zero attached hydrogens (tertiary/aromatic N) is 1. The van der Waals surface area contributed by atoms with Crippen molar-refractivity contribution < 1.29 is 9.84 Å². The Kier molecular flexibility index (Phi) is 6.07. The fourth-order valence-electron chi connectivity index (χ4n) is 3.31. The molecule has 0 aromatic heterocycles. The molecule has 1 heterocycles. The zero-order chi connectivity index (χ0) is 15.2. The normalized spacial score (nSPS) is 24.8. The third kappa shape index (κ3) is 5.33. The Labute approximate surface area is 128 Å². The van der Waals surface area contributed by atoms with Crippen molar-refractivity contribution in [2.75, 3.05) is 26.2 Å². The molecule has 1 aliphatic heterocycles. The second-order valence-electron chi connectivity index (χ2n) is 6.63. The molecule has 1 N–H and O–H groups in total. The number of aliphatic hydroxyl groups is 1. The van der Waals surface area contributed by atoms with Gasteiger partial charge >= 0.3 is 0 Å². The highest BCUT2D eigenvalue weighted by atomic mass is 16.5. The van der Waals surface area contributed by atoms with Crippen LogP contribution in [0.4, 0.5) is 0 Å². The number of aryl methyl sites for hydroxylation is 1. The highest BCUT2D eigenvalue weighted by Gasteiger charge is 2.23. The lowest BCUT2D eigenvalue weighted by Gasteiger charge is -2.35. The van der Waals surface area contributed by atoms with E-state index in [1.54, 1.807) is 0 Å². The van der Waals surface area contributed by atoms with E-state index in [1.807, 2.05) is 12.1 Å². The lowest BCUT2D eigenvalue weighted by molar-refractivity contribution is 0.0429. The third-order valence-corrected chi connectivity index (χ3v) is 4.19. The summed E-state index contributed by atoms with van der Waals surface area (Å²) in [4.78, 5) is 2.37. The van der Waals surface area contributed by atoms with Gasteiger partial charge in [0.1, 0.15) is 18.5 Å². The summed E-state index contributed by atoms with van der Waals surface area (Å²) in [6, 6.07) is 8.12. The molecule has 1 fully saturated rings. The Morgan fingerprint density at radius 2 is 1.81 bits per heavy atom. The molecule has 0 saturated carbocycles. The molecule has 3 nitrogen and oxygen atoms in total. The van der Waals surface area contributed by atoms with E-state index in [9.17, 15) is 5.11 Å². The number of ether oxygens (including phenoxy) is 1. The van der Waals surface area contributed by atoms with Gasteiger partial charge in [0.2, 0.25) is 0 Å². The molecule has 118 valence electrons. The molecular formula is C18H29NO2. The molecule has 1 aliphatic rings. The van der Waals surface area contributed by atoms with Gasteiger partial charge in [-0.05, 0) is 42.4 Å². The molecule has 21 heavy (non-hydrogen) atoms. The monoisotopic (exact) mass is 291 g/mol. The second kappa shape index (κ2) is 7.81. The highest BCUT2D eigenvalue weighted by Crippen LogP contribution is 2.21. The van der Waals surface area contributed by atoms with Crippen molar-refractivity contribution in [3.63, 3.8) is 0 Å². The number of aliphatic hydroxyl groups excluding tert-OH is 1. The van der Waals surface area contributed by atoms with Crippen LogP contribution in [-0.4, -0.2) is 42.4 Å². The van der Waals surface area contributed by atoms with Gasteiger partial charge in [0.15, 0.2) is 0 Å². The van der Waals surface area contributed by atoms with Crippen LogP contribution in [0.5, 0.6) is 5.75 Å². The maximum atomic E-state index is 10.2. The van der Waals surface area contributed by atoms with E-state index in [-0.39, 0.29) is 0 Å². The van der Waals surface area contributed by atoms with E-state index in [0.29, 0.717) is 13.2 Å². The molecule has 0 amide bonds. The molecule has 0 unspecified atom stereocenters. The third-order valence-electron chi connectivity index (χ3n) is 4.19. The molecule has 0 aliphatic carbocycles. The predicted molar refractivity (Wildman–Crippen MR) is 86.7 cm³/mol. The van der Waals surface area contributed by atoms with E-state index in [4.69, 9.17) is 4.74 Å². The zero-order valence-electron chi connectivity index (χ0n) is 13.6. The quantitative estimate of drug-likeness (QED) is 0.874. The average molecular weight is 291 g/mol. The lowest BCUT2D eigenvalue weighted by Crippen LogP contribution is -2.43. The van der Waals surface area contributed by atoms with Crippen molar-refractivity contribution in [2.45, 2.75) is 39.7 Å². The van der Waals surface area contributed by atoms with Crippen molar-refractivity contribution in [3.05, 3.63) is 29.8 Å². The molecule has 1 saturated heterocycles. The Hall–Kier alpha value is -1.06. The molecular weight excluding hydrogens is 262 g/mol. The van der Waals surface area contributed by atoms with Gasteiger partial charge in [-0.25, -0.2) is 0 Å². The first-order valence-electron chi connectivity index (χ1n) is 8.19. The smallest absolute Gasteiger partial charge is 0.119 e. The molecule has 0 bridgehead atoms. The zero-order valence-corrected chi connectivity index (χ0v) is 13.6. The van der Waals surface area contributed by atoms with Crippen LogP contribution < -0.4 is 4.74 Å². The lowest BCUT2D eigenvalue weighted by atomic mass is 9.92. The summed E-state index contributed by atoms with van der Waals surface area (Å²) < 4.78 is 5.69. The number of β-amino-alcohol motifs (C(OH)–C–C–N with tert-alkyl or cyclic N) is 1. The first-order valence-corrected chi connectivity index (χ1v) is 8.19. The summed E-state index contributed by atoms with van der Waals surface area (Å²) in [5.74, 6) is 2.29. The summed E-state index contributed by atoms with van der Waals surface area (Å²) in [6.07, 6.45) is 1.91. The second-order valence-corrected chi connectivity index (χ2v) is 6.63. The Bertz CT molecular complexity index is 408. The summed E-state index contributed by atoms with van der Waals surface area (Å²) in [5, 5.41) is 10.2. The Morgan fingerprint density at radius 1 is 1.19 bits per heavy atom. The average Bonchev–Trinajstić information content (AvgIpc) is 2.44. The van der Waals surface area contributed by atoms with Gasteiger partial charge in [0, 0.05) is 19.6 Å². The molecule has 1 aromatic carbocycles. The first kappa shape index (κ1) is 16.3. The van der Waals surface area contributed by atoms with E-state index in [2.05, 4.69) is 37.8 Å².